The molecule has 0 spiro atoms. The Labute approximate surface area is 164 Å². The van der Waals surface area contributed by atoms with Gasteiger partial charge in [-0.15, -0.1) is 0 Å². The summed E-state index contributed by atoms with van der Waals surface area (Å²) in [5.74, 6) is -2.73. The van der Waals surface area contributed by atoms with Crippen molar-refractivity contribution in [3.8, 4) is 5.75 Å². The van der Waals surface area contributed by atoms with Crippen molar-refractivity contribution >= 4 is 40.7 Å². The van der Waals surface area contributed by atoms with Crippen LogP contribution in [-0.2, 0) is 9.59 Å². The zero-order valence-electron chi connectivity index (χ0n) is 14.3. The molecule has 144 valence electrons. The Hall–Kier alpha value is -2.38. The number of halogens is 4. The molecule has 0 fully saturated rings. The Bertz CT molecular complexity index is 809. The molecule has 27 heavy (non-hydrogen) atoms. The Morgan fingerprint density at radius 2 is 1.70 bits per heavy atom. The van der Waals surface area contributed by atoms with Gasteiger partial charge in [-0.05, 0) is 37.3 Å². The van der Waals surface area contributed by atoms with Gasteiger partial charge in [0, 0.05) is 16.6 Å². The van der Waals surface area contributed by atoms with Gasteiger partial charge in [0.25, 0.3) is 5.91 Å². The lowest BCUT2D eigenvalue weighted by Gasteiger charge is -2.20. The number of nitrogens with one attached hydrogen (secondary N) is 1. The van der Waals surface area contributed by atoms with E-state index in [1.165, 1.54) is 29.2 Å². The van der Waals surface area contributed by atoms with Gasteiger partial charge < -0.3 is 15.0 Å². The summed E-state index contributed by atoms with van der Waals surface area (Å²) in [6.07, 6.45) is 0. The predicted octanol–water partition coefficient (Wildman–Crippen LogP) is 4.14. The third kappa shape index (κ3) is 6.08. The molecular weight excluding hydrogens is 401 g/mol. The van der Waals surface area contributed by atoms with Crippen LogP contribution >= 0.6 is 23.2 Å². The van der Waals surface area contributed by atoms with E-state index in [4.69, 9.17) is 27.9 Å². The molecule has 0 heterocycles. The van der Waals surface area contributed by atoms with Crippen molar-refractivity contribution in [3.63, 3.8) is 0 Å². The SMILES string of the molecule is CCN(CC(=O)Nc1c(F)cccc1F)C(=O)COc1cc(Cl)cc(Cl)c1. The highest BCUT2D eigenvalue weighted by Crippen LogP contribution is 2.24. The molecule has 5 nitrogen and oxygen atoms in total. The zero-order chi connectivity index (χ0) is 20.0. The van der Waals surface area contributed by atoms with Crippen LogP contribution in [-0.4, -0.2) is 36.4 Å². The summed E-state index contributed by atoms with van der Waals surface area (Å²) in [4.78, 5) is 25.5. The van der Waals surface area contributed by atoms with Gasteiger partial charge in [0.05, 0.1) is 6.54 Å². The molecule has 0 aliphatic rings. The van der Waals surface area contributed by atoms with E-state index in [2.05, 4.69) is 5.32 Å². The minimum atomic E-state index is -0.904. The molecule has 0 bridgehead atoms. The van der Waals surface area contributed by atoms with Gasteiger partial charge in [0.15, 0.2) is 6.61 Å². The van der Waals surface area contributed by atoms with Crippen LogP contribution in [0, 0.1) is 11.6 Å². The van der Waals surface area contributed by atoms with E-state index in [0.29, 0.717) is 15.8 Å². The molecule has 2 amide bonds. The number of nitrogens with zero attached hydrogens (tertiary/aromatic N) is 1. The van der Waals surface area contributed by atoms with Crippen LogP contribution in [0.5, 0.6) is 5.75 Å². The van der Waals surface area contributed by atoms with Gasteiger partial charge in [-0.2, -0.15) is 0 Å². The lowest BCUT2D eigenvalue weighted by Crippen LogP contribution is -2.40. The number of hydrogen-bond acceptors (Lipinski definition) is 3. The van der Waals surface area contributed by atoms with Crippen LogP contribution in [0.1, 0.15) is 6.92 Å². The van der Waals surface area contributed by atoms with Crippen molar-refractivity contribution in [1.29, 1.82) is 0 Å². The van der Waals surface area contributed by atoms with E-state index in [9.17, 15) is 18.4 Å². The molecule has 0 saturated carbocycles. The molecule has 2 aromatic rings. The summed E-state index contributed by atoms with van der Waals surface area (Å²) >= 11 is 11.7. The van der Waals surface area contributed by atoms with Gasteiger partial charge >= 0.3 is 0 Å². The largest absolute Gasteiger partial charge is 0.484 e. The maximum Gasteiger partial charge on any atom is 0.260 e. The summed E-state index contributed by atoms with van der Waals surface area (Å²) < 4.78 is 32.5. The van der Waals surface area contributed by atoms with Gasteiger partial charge in [-0.1, -0.05) is 29.3 Å². The monoisotopic (exact) mass is 416 g/mol. The zero-order valence-corrected chi connectivity index (χ0v) is 15.8. The van der Waals surface area contributed by atoms with Crippen molar-refractivity contribution in [2.24, 2.45) is 0 Å². The number of carbonyl (C=O) groups excluding carboxylic acids is 2. The quantitative estimate of drug-likeness (QED) is 0.737. The van der Waals surface area contributed by atoms with E-state index < -0.39 is 29.1 Å². The maximum absolute atomic E-state index is 13.6. The minimum Gasteiger partial charge on any atom is -0.484 e. The van der Waals surface area contributed by atoms with Gasteiger partial charge in [-0.25, -0.2) is 8.78 Å². The van der Waals surface area contributed by atoms with Crippen LogP contribution in [0.4, 0.5) is 14.5 Å². The van der Waals surface area contributed by atoms with Gasteiger partial charge in [0.2, 0.25) is 5.91 Å². The number of hydrogen-bond donors (Lipinski definition) is 1. The van der Waals surface area contributed by atoms with Crippen molar-refractivity contribution in [3.05, 3.63) is 58.1 Å². The lowest BCUT2D eigenvalue weighted by atomic mass is 10.3. The number of ether oxygens (including phenoxy) is 1. The fourth-order valence-corrected chi connectivity index (χ4v) is 2.70. The first-order valence-corrected chi connectivity index (χ1v) is 8.66. The van der Waals surface area contributed by atoms with E-state index in [0.717, 1.165) is 12.1 Å². The number of anilines is 1. The van der Waals surface area contributed by atoms with Crippen molar-refractivity contribution in [2.45, 2.75) is 6.92 Å². The number of para-hydroxylation sites is 1. The molecule has 0 aliphatic heterocycles. The highest BCUT2D eigenvalue weighted by atomic mass is 35.5. The lowest BCUT2D eigenvalue weighted by molar-refractivity contribution is -0.136. The fourth-order valence-electron chi connectivity index (χ4n) is 2.19. The van der Waals surface area contributed by atoms with Crippen LogP contribution in [0.2, 0.25) is 10.0 Å². The second kappa shape index (κ2) is 9.53. The fraction of sp³-hybridized carbons (Fsp3) is 0.222. The molecule has 0 atom stereocenters. The molecule has 9 heteroatoms. The second-order valence-corrected chi connectivity index (χ2v) is 6.32. The average molecular weight is 417 g/mol. The van der Waals surface area contributed by atoms with E-state index >= 15 is 0 Å². The average Bonchev–Trinajstić information content (AvgIpc) is 2.60. The second-order valence-electron chi connectivity index (χ2n) is 5.45. The van der Waals surface area contributed by atoms with Crippen LogP contribution < -0.4 is 10.1 Å². The smallest absolute Gasteiger partial charge is 0.260 e. The molecule has 0 unspecified atom stereocenters. The number of rotatable bonds is 7. The van der Waals surface area contributed by atoms with Crippen molar-refractivity contribution in [2.75, 3.05) is 25.0 Å². The Balaban J connectivity index is 1.95. The number of likely N-dealkylation sites (N-methyl/N-ethyl adjacent to an activating group) is 1. The number of amides is 2. The third-order valence-corrected chi connectivity index (χ3v) is 3.93. The van der Waals surface area contributed by atoms with Gasteiger partial charge in [0.1, 0.15) is 23.1 Å². The topological polar surface area (TPSA) is 58.6 Å². The highest BCUT2D eigenvalue weighted by Gasteiger charge is 2.18. The predicted molar refractivity (Wildman–Crippen MR) is 99.2 cm³/mol. The van der Waals surface area contributed by atoms with E-state index in [1.807, 2.05) is 0 Å². The van der Waals surface area contributed by atoms with Crippen LogP contribution in [0.15, 0.2) is 36.4 Å². The first kappa shape index (κ1) is 20.9. The molecule has 0 aliphatic carbocycles. The molecule has 2 rings (SSSR count). The van der Waals surface area contributed by atoms with E-state index in [-0.39, 0.29) is 19.7 Å². The van der Waals surface area contributed by atoms with E-state index in [1.54, 1.807) is 6.92 Å². The standard InChI is InChI=1S/C18H16Cl2F2N2O3/c1-2-24(9-16(25)23-18-14(21)4-3-5-15(18)22)17(26)10-27-13-7-11(19)6-12(20)8-13/h3-8H,2,9-10H2,1H3,(H,23,25). The van der Waals surface area contributed by atoms with Gasteiger partial charge in [-0.3, -0.25) is 9.59 Å². The Morgan fingerprint density at radius 3 is 2.26 bits per heavy atom. The Kier molecular flexibility index (Phi) is 7.38. The first-order chi connectivity index (χ1) is 12.8. The summed E-state index contributed by atoms with van der Waals surface area (Å²) in [7, 11) is 0. The molecule has 1 N–H and O–H groups in total. The summed E-state index contributed by atoms with van der Waals surface area (Å²) in [5, 5.41) is 2.83. The maximum atomic E-state index is 13.6. The van der Waals surface area contributed by atoms with Crippen molar-refractivity contribution in [1.82, 2.24) is 4.90 Å². The highest BCUT2D eigenvalue weighted by molar-refractivity contribution is 6.34. The minimum absolute atomic E-state index is 0.200. The summed E-state index contributed by atoms with van der Waals surface area (Å²) in [5.41, 5.74) is -0.559. The Morgan fingerprint density at radius 1 is 1.11 bits per heavy atom. The summed E-state index contributed by atoms with van der Waals surface area (Å²) in [6.45, 7) is 1.12. The van der Waals surface area contributed by atoms with Crippen LogP contribution in [0.25, 0.3) is 0 Å². The molecular formula is C18H16Cl2F2N2O3. The van der Waals surface area contributed by atoms with Crippen molar-refractivity contribution < 1.29 is 23.1 Å². The molecule has 0 radical (unpaired) electrons. The van der Waals surface area contributed by atoms with Crippen LogP contribution in [0.3, 0.4) is 0 Å². The molecule has 0 aromatic heterocycles. The third-order valence-electron chi connectivity index (χ3n) is 3.49. The normalized spacial score (nSPS) is 10.4. The number of carbonyl (C=O) groups is 2. The molecule has 0 saturated heterocycles. The molecule has 2 aromatic carbocycles. The summed E-state index contributed by atoms with van der Waals surface area (Å²) in [6, 6.07) is 7.72. The number of benzene rings is 2. The first-order valence-electron chi connectivity index (χ1n) is 7.90.